The second-order valence-corrected chi connectivity index (χ2v) is 3.38. The number of allylic oxidation sites excluding steroid dienone is 1. The molecule has 0 aliphatic rings. The third kappa shape index (κ3) is 3.32. The Kier molecular flexibility index (Phi) is 4.24. The molecule has 80 valence electrons. The van der Waals surface area contributed by atoms with E-state index in [4.69, 9.17) is 11.6 Å². The maximum absolute atomic E-state index is 10.5. The molecule has 0 spiro atoms. The summed E-state index contributed by atoms with van der Waals surface area (Å²) in [5, 5.41) is 10.5. The van der Waals surface area contributed by atoms with Crippen LogP contribution >= 0.6 is 11.6 Å². The Bertz CT molecular complexity index is 391. The fourth-order valence-corrected chi connectivity index (χ4v) is 1.21. The molecule has 1 aromatic rings. The molecule has 0 unspecified atom stereocenters. The molecule has 5 heteroatoms. The lowest BCUT2D eigenvalue weighted by Crippen LogP contribution is -1.93. The quantitative estimate of drug-likeness (QED) is 0.451. The first-order valence-corrected chi connectivity index (χ1v) is 5.02. The van der Waals surface area contributed by atoms with Gasteiger partial charge in [0.1, 0.15) is 6.20 Å². The number of hydrogen-bond donors (Lipinski definition) is 0. The molecule has 1 rings (SSSR count). The van der Waals surface area contributed by atoms with Crippen molar-refractivity contribution in [3.63, 3.8) is 0 Å². The largest absolute Gasteiger partial charge is 0.288 e. The number of nitro groups is 1. The van der Waals surface area contributed by atoms with Crippen LogP contribution < -0.4 is 0 Å². The molecular formula is C10H11ClN2O2. The summed E-state index contributed by atoms with van der Waals surface area (Å²) in [6.45, 7) is 1.81. The van der Waals surface area contributed by atoms with Crippen LogP contribution in [0.4, 0.5) is 5.69 Å². The Morgan fingerprint density at radius 2 is 2.40 bits per heavy atom. The van der Waals surface area contributed by atoms with Crippen molar-refractivity contribution in [2.24, 2.45) is 0 Å². The molecule has 0 saturated heterocycles. The smallest absolute Gasteiger partial charge is 0.258 e. The summed E-state index contributed by atoms with van der Waals surface area (Å²) >= 11 is 5.51. The van der Waals surface area contributed by atoms with Crippen molar-refractivity contribution in [2.75, 3.05) is 5.88 Å². The van der Waals surface area contributed by atoms with Crippen molar-refractivity contribution in [3.05, 3.63) is 39.7 Å². The highest BCUT2D eigenvalue weighted by Crippen LogP contribution is 2.16. The fourth-order valence-electron chi connectivity index (χ4n) is 1.08. The highest BCUT2D eigenvalue weighted by atomic mass is 35.5. The van der Waals surface area contributed by atoms with Gasteiger partial charge in [-0.1, -0.05) is 12.2 Å². The maximum atomic E-state index is 10.5. The summed E-state index contributed by atoms with van der Waals surface area (Å²) in [6.07, 6.45) is 5.68. The van der Waals surface area contributed by atoms with E-state index in [1.807, 2.05) is 13.0 Å². The number of halogens is 1. The van der Waals surface area contributed by atoms with Gasteiger partial charge in [0.2, 0.25) is 0 Å². The minimum atomic E-state index is -0.453. The normalized spacial score (nSPS) is 10.8. The number of pyridine rings is 1. The highest BCUT2D eigenvalue weighted by Gasteiger charge is 2.07. The van der Waals surface area contributed by atoms with Crippen molar-refractivity contribution in [2.45, 2.75) is 13.3 Å². The summed E-state index contributed by atoms with van der Waals surface area (Å²) in [5.41, 5.74) is 1.53. The zero-order chi connectivity index (χ0) is 11.3. The SMILES string of the molecule is Cc1ncc([N+](=O)[O-])cc1C=CCCCl. The molecule has 0 bridgehead atoms. The van der Waals surface area contributed by atoms with E-state index >= 15 is 0 Å². The monoisotopic (exact) mass is 226 g/mol. The number of rotatable bonds is 4. The van der Waals surface area contributed by atoms with Gasteiger partial charge in [0.25, 0.3) is 5.69 Å². The van der Waals surface area contributed by atoms with Crippen LogP contribution in [-0.2, 0) is 0 Å². The highest BCUT2D eigenvalue weighted by molar-refractivity contribution is 6.17. The first kappa shape index (κ1) is 11.7. The van der Waals surface area contributed by atoms with Crippen LogP contribution in [0.2, 0.25) is 0 Å². The predicted molar refractivity (Wildman–Crippen MR) is 60.0 cm³/mol. The molecule has 0 amide bonds. The molecule has 0 N–H and O–H groups in total. The van der Waals surface area contributed by atoms with E-state index in [1.54, 1.807) is 6.08 Å². The first-order chi connectivity index (χ1) is 7.15. The van der Waals surface area contributed by atoms with E-state index in [0.29, 0.717) is 5.88 Å². The molecule has 0 radical (unpaired) electrons. The Morgan fingerprint density at radius 3 is 3.00 bits per heavy atom. The molecule has 1 aromatic heterocycles. The molecule has 15 heavy (non-hydrogen) atoms. The summed E-state index contributed by atoms with van der Waals surface area (Å²) in [5.74, 6) is 0.540. The van der Waals surface area contributed by atoms with Crippen LogP contribution in [0.15, 0.2) is 18.3 Å². The van der Waals surface area contributed by atoms with Crippen molar-refractivity contribution in [3.8, 4) is 0 Å². The number of nitrogens with zero attached hydrogens (tertiary/aromatic N) is 2. The Morgan fingerprint density at radius 1 is 1.67 bits per heavy atom. The van der Waals surface area contributed by atoms with Crippen LogP contribution in [0.25, 0.3) is 6.08 Å². The van der Waals surface area contributed by atoms with Crippen molar-refractivity contribution in [1.29, 1.82) is 0 Å². The molecule has 0 aromatic carbocycles. The lowest BCUT2D eigenvalue weighted by Gasteiger charge is -1.98. The van der Waals surface area contributed by atoms with Crippen LogP contribution in [0.1, 0.15) is 17.7 Å². The van der Waals surface area contributed by atoms with Gasteiger partial charge in [-0.2, -0.15) is 0 Å². The molecule has 0 fully saturated rings. The summed E-state index contributed by atoms with van der Waals surface area (Å²) in [7, 11) is 0. The van der Waals surface area contributed by atoms with Crippen LogP contribution in [-0.4, -0.2) is 15.8 Å². The zero-order valence-electron chi connectivity index (χ0n) is 8.31. The van der Waals surface area contributed by atoms with Crippen molar-refractivity contribution < 1.29 is 4.92 Å². The van der Waals surface area contributed by atoms with Crippen molar-refractivity contribution >= 4 is 23.4 Å². The van der Waals surface area contributed by atoms with Gasteiger partial charge in [-0.15, -0.1) is 11.6 Å². The molecular weight excluding hydrogens is 216 g/mol. The number of hydrogen-bond acceptors (Lipinski definition) is 3. The van der Waals surface area contributed by atoms with Gasteiger partial charge in [-0.3, -0.25) is 15.1 Å². The predicted octanol–water partition coefficient (Wildman–Crippen LogP) is 2.94. The van der Waals surface area contributed by atoms with Gasteiger partial charge < -0.3 is 0 Å². The van der Waals surface area contributed by atoms with Crippen LogP contribution in [0.5, 0.6) is 0 Å². The van der Waals surface area contributed by atoms with E-state index in [1.165, 1.54) is 12.3 Å². The van der Waals surface area contributed by atoms with E-state index in [9.17, 15) is 10.1 Å². The molecule has 4 nitrogen and oxygen atoms in total. The average molecular weight is 227 g/mol. The third-order valence-corrected chi connectivity index (χ3v) is 2.11. The maximum Gasteiger partial charge on any atom is 0.288 e. The number of aryl methyl sites for hydroxylation is 1. The Hall–Kier alpha value is -1.42. The Labute approximate surface area is 92.7 Å². The minimum Gasteiger partial charge on any atom is -0.258 e. The van der Waals surface area contributed by atoms with Crippen LogP contribution in [0, 0.1) is 17.0 Å². The molecule has 0 aliphatic carbocycles. The van der Waals surface area contributed by atoms with Gasteiger partial charge in [0.15, 0.2) is 0 Å². The first-order valence-electron chi connectivity index (χ1n) is 4.48. The molecule has 0 saturated carbocycles. The molecule has 0 aliphatic heterocycles. The van der Waals surface area contributed by atoms with Gasteiger partial charge in [-0.25, -0.2) is 0 Å². The topological polar surface area (TPSA) is 56.0 Å². The second-order valence-electron chi connectivity index (χ2n) is 3.01. The summed E-state index contributed by atoms with van der Waals surface area (Å²) < 4.78 is 0. The van der Waals surface area contributed by atoms with E-state index in [0.717, 1.165) is 17.7 Å². The van der Waals surface area contributed by atoms with E-state index in [2.05, 4.69) is 4.98 Å². The molecule has 0 atom stereocenters. The Balaban J connectivity index is 2.95. The zero-order valence-corrected chi connectivity index (χ0v) is 9.07. The standard InChI is InChI=1S/C10H11ClN2O2/c1-8-9(4-2-3-5-11)6-10(7-12-8)13(14)15/h2,4,6-7H,3,5H2,1H3. The third-order valence-electron chi connectivity index (χ3n) is 1.90. The lowest BCUT2D eigenvalue weighted by atomic mass is 10.1. The van der Waals surface area contributed by atoms with E-state index in [-0.39, 0.29) is 5.69 Å². The molecule has 1 heterocycles. The minimum absolute atomic E-state index is 0.00567. The summed E-state index contributed by atoms with van der Waals surface area (Å²) in [4.78, 5) is 14.0. The van der Waals surface area contributed by atoms with Crippen molar-refractivity contribution in [1.82, 2.24) is 4.98 Å². The average Bonchev–Trinajstić information content (AvgIpc) is 2.20. The number of alkyl halides is 1. The summed E-state index contributed by atoms with van der Waals surface area (Å²) in [6, 6.07) is 1.51. The number of aromatic nitrogens is 1. The van der Waals surface area contributed by atoms with Gasteiger partial charge in [0, 0.05) is 23.2 Å². The fraction of sp³-hybridized carbons (Fsp3) is 0.300. The van der Waals surface area contributed by atoms with Gasteiger partial charge in [0.05, 0.1) is 4.92 Å². The van der Waals surface area contributed by atoms with E-state index < -0.39 is 4.92 Å². The van der Waals surface area contributed by atoms with Gasteiger partial charge in [-0.05, 0) is 13.3 Å². The lowest BCUT2D eigenvalue weighted by molar-refractivity contribution is -0.385. The van der Waals surface area contributed by atoms with Gasteiger partial charge >= 0.3 is 0 Å². The second kappa shape index (κ2) is 5.46. The van der Waals surface area contributed by atoms with Crippen LogP contribution in [0.3, 0.4) is 0 Å².